The number of amides is 5. The highest BCUT2D eigenvalue weighted by Crippen LogP contribution is 2.29. The van der Waals surface area contributed by atoms with Crippen molar-refractivity contribution in [2.45, 2.75) is 58.8 Å². The van der Waals surface area contributed by atoms with E-state index in [1.807, 2.05) is 39.0 Å². The van der Waals surface area contributed by atoms with E-state index in [0.29, 0.717) is 35.8 Å². The molecule has 0 spiro atoms. The number of halogens is 1. The molecule has 0 saturated carbocycles. The molecule has 1 fully saturated rings. The van der Waals surface area contributed by atoms with Crippen LogP contribution in [0.15, 0.2) is 36.4 Å². The molecule has 2 aromatic carbocycles. The first-order chi connectivity index (χ1) is 16.1. The van der Waals surface area contributed by atoms with Crippen LogP contribution in [0, 0.1) is 6.92 Å². The van der Waals surface area contributed by atoms with Gasteiger partial charge in [-0.25, -0.2) is 4.79 Å². The maximum Gasteiger partial charge on any atom is 0.322 e. The molecule has 0 bridgehead atoms. The summed E-state index contributed by atoms with van der Waals surface area (Å²) in [6, 6.07) is 9.89. The summed E-state index contributed by atoms with van der Waals surface area (Å²) in [4.78, 5) is 53.0. The Balaban J connectivity index is 1.49. The number of hydrogen-bond acceptors (Lipinski definition) is 4. The molecule has 0 aliphatic carbocycles. The summed E-state index contributed by atoms with van der Waals surface area (Å²) in [5.74, 6) is -0.981. The third kappa shape index (κ3) is 4.77. The van der Waals surface area contributed by atoms with Gasteiger partial charge in [0.15, 0.2) is 0 Å². The Morgan fingerprint density at radius 1 is 1.21 bits per heavy atom. The van der Waals surface area contributed by atoms with Gasteiger partial charge in [0.2, 0.25) is 11.8 Å². The lowest BCUT2D eigenvalue weighted by Gasteiger charge is -2.29. The molecule has 5 amide bonds. The number of piperidine rings is 1. The summed E-state index contributed by atoms with van der Waals surface area (Å²) < 4.78 is 0. The van der Waals surface area contributed by atoms with Crippen molar-refractivity contribution >= 4 is 41.0 Å². The van der Waals surface area contributed by atoms with Crippen molar-refractivity contribution in [2.24, 2.45) is 0 Å². The zero-order valence-corrected chi connectivity index (χ0v) is 20.1. The van der Waals surface area contributed by atoms with Gasteiger partial charge in [-0.2, -0.15) is 0 Å². The lowest BCUT2D eigenvalue weighted by Crippen LogP contribution is -2.52. The first-order valence-electron chi connectivity index (χ1n) is 11.2. The number of rotatable bonds is 5. The van der Waals surface area contributed by atoms with Gasteiger partial charge in [0.25, 0.3) is 5.91 Å². The predicted molar refractivity (Wildman–Crippen MR) is 128 cm³/mol. The number of aryl methyl sites for hydroxylation is 1. The smallest absolute Gasteiger partial charge is 0.322 e. The standard InChI is InChI=1S/C25H27ClN4O4/c1-14(2)29(25(34)27-18-7-4-15(3)20(26)11-18)12-16-5-6-17-13-30(24(33)19(17)10-16)21-8-9-22(31)28-23(21)32/h4-7,10-11,14,21H,8-9,12-13H2,1-3H3,(H,27,34)(H,28,31,32). The van der Waals surface area contributed by atoms with Crippen molar-refractivity contribution in [1.82, 2.24) is 15.1 Å². The lowest BCUT2D eigenvalue weighted by atomic mass is 10.0. The summed E-state index contributed by atoms with van der Waals surface area (Å²) in [6.07, 6.45) is 0.536. The van der Waals surface area contributed by atoms with Crippen LogP contribution in [0.2, 0.25) is 5.02 Å². The van der Waals surface area contributed by atoms with Gasteiger partial charge in [0, 0.05) is 41.8 Å². The molecular formula is C25H27ClN4O4. The number of anilines is 1. The fourth-order valence-electron chi connectivity index (χ4n) is 4.25. The van der Waals surface area contributed by atoms with Crippen molar-refractivity contribution in [3.63, 3.8) is 0 Å². The van der Waals surface area contributed by atoms with Crippen LogP contribution < -0.4 is 10.6 Å². The van der Waals surface area contributed by atoms with Gasteiger partial charge in [-0.05, 0) is 62.1 Å². The minimum absolute atomic E-state index is 0.0927. The molecule has 1 saturated heterocycles. The lowest BCUT2D eigenvalue weighted by molar-refractivity contribution is -0.136. The second-order valence-electron chi connectivity index (χ2n) is 9.01. The topological polar surface area (TPSA) is 98.8 Å². The Morgan fingerprint density at radius 3 is 2.65 bits per heavy atom. The predicted octanol–water partition coefficient (Wildman–Crippen LogP) is 3.85. The van der Waals surface area contributed by atoms with Crippen LogP contribution in [0.5, 0.6) is 0 Å². The van der Waals surface area contributed by atoms with Gasteiger partial charge in [0.05, 0.1) is 0 Å². The molecule has 178 valence electrons. The van der Waals surface area contributed by atoms with Gasteiger partial charge < -0.3 is 15.1 Å². The fourth-order valence-corrected chi connectivity index (χ4v) is 4.43. The van der Waals surface area contributed by atoms with E-state index in [2.05, 4.69) is 10.6 Å². The second-order valence-corrected chi connectivity index (χ2v) is 9.41. The summed E-state index contributed by atoms with van der Waals surface area (Å²) in [6.45, 7) is 6.37. The van der Waals surface area contributed by atoms with Crippen LogP contribution in [0.4, 0.5) is 10.5 Å². The summed E-state index contributed by atoms with van der Waals surface area (Å²) in [5.41, 5.74) is 3.69. The minimum atomic E-state index is -0.652. The molecule has 2 N–H and O–H groups in total. The molecule has 2 aliphatic rings. The molecule has 1 atom stereocenters. The van der Waals surface area contributed by atoms with E-state index in [9.17, 15) is 19.2 Å². The third-order valence-electron chi connectivity index (χ3n) is 6.25. The molecule has 9 heteroatoms. The van der Waals surface area contributed by atoms with Crippen molar-refractivity contribution in [2.75, 3.05) is 5.32 Å². The van der Waals surface area contributed by atoms with Crippen molar-refractivity contribution < 1.29 is 19.2 Å². The fraction of sp³-hybridized carbons (Fsp3) is 0.360. The van der Waals surface area contributed by atoms with E-state index in [0.717, 1.165) is 16.7 Å². The number of urea groups is 1. The van der Waals surface area contributed by atoms with Crippen LogP contribution >= 0.6 is 11.6 Å². The van der Waals surface area contributed by atoms with E-state index in [4.69, 9.17) is 11.6 Å². The summed E-state index contributed by atoms with van der Waals surface area (Å²) in [7, 11) is 0. The molecule has 2 aliphatic heterocycles. The average Bonchev–Trinajstić information content (AvgIpc) is 3.10. The second kappa shape index (κ2) is 9.46. The number of fused-ring (bicyclic) bond motifs is 1. The van der Waals surface area contributed by atoms with E-state index < -0.39 is 11.9 Å². The molecule has 0 radical (unpaired) electrons. The van der Waals surface area contributed by atoms with E-state index in [1.54, 1.807) is 23.1 Å². The number of carbonyl (C=O) groups excluding carboxylic acids is 4. The molecule has 8 nitrogen and oxygen atoms in total. The SMILES string of the molecule is Cc1ccc(NC(=O)N(Cc2ccc3c(c2)C(=O)N(C2CCC(=O)NC2=O)C3)C(C)C)cc1Cl. The third-order valence-corrected chi connectivity index (χ3v) is 6.66. The number of carbonyl (C=O) groups is 4. The maximum absolute atomic E-state index is 13.1. The van der Waals surface area contributed by atoms with Crippen molar-refractivity contribution in [3.8, 4) is 0 Å². The minimum Gasteiger partial charge on any atom is -0.322 e. The van der Waals surface area contributed by atoms with E-state index in [-0.39, 0.29) is 30.3 Å². The highest BCUT2D eigenvalue weighted by Gasteiger charge is 2.39. The zero-order valence-electron chi connectivity index (χ0n) is 19.4. The Bertz CT molecular complexity index is 1180. The van der Waals surface area contributed by atoms with E-state index >= 15 is 0 Å². The van der Waals surface area contributed by atoms with Gasteiger partial charge in [-0.3, -0.25) is 19.7 Å². The monoisotopic (exact) mass is 482 g/mol. The Labute approximate surface area is 203 Å². The highest BCUT2D eigenvalue weighted by atomic mass is 35.5. The van der Waals surface area contributed by atoms with Crippen LogP contribution in [-0.2, 0) is 22.7 Å². The average molecular weight is 483 g/mol. The number of benzene rings is 2. The molecule has 1 unspecified atom stereocenters. The number of hydrogen-bond donors (Lipinski definition) is 2. The Hall–Kier alpha value is -3.39. The molecular weight excluding hydrogens is 456 g/mol. The van der Waals surface area contributed by atoms with Gasteiger partial charge in [-0.1, -0.05) is 29.8 Å². The quantitative estimate of drug-likeness (QED) is 0.632. The van der Waals surface area contributed by atoms with Crippen LogP contribution in [-0.4, -0.2) is 45.6 Å². The molecule has 0 aromatic heterocycles. The molecule has 34 heavy (non-hydrogen) atoms. The zero-order chi connectivity index (χ0) is 24.6. The number of nitrogens with one attached hydrogen (secondary N) is 2. The molecule has 2 heterocycles. The highest BCUT2D eigenvalue weighted by molar-refractivity contribution is 6.31. The maximum atomic E-state index is 13.1. The normalized spacial score (nSPS) is 17.6. The van der Waals surface area contributed by atoms with Crippen molar-refractivity contribution in [1.29, 1.82) is 0 Å². The Morgan fingerprint density at radius 2 is 1.97 bits per heavy atom. The number of imide groups is 1. The van der Waals surface area contributed by atoms with Gasteiger partial charge in [0.1, 0.15) is 6.04 Å². The number of nitrogens with zero attached hydrogens (tertiary/aromatic N) is 2. The summed E-state index contributed by atoms with van der Waals surface area (Å²) in [5, 5.41) is 5.77. The van der Waals surface area contributed by atoms with Crippen LogP contribution in [0.1, 0.15) is 53.7 Å². The first kappa shape index (κ1) is 23.8. The van der Waals surface area contributed by atoms with Crippen molar-refractivity contribution in [3.05, 3.63) is 63.7 Å². The van der Waals surface area contributed by atoms with E-state index in [1.165, 1.54) is 4.90 Å². The van der Waals surface area contributed by atoms with Crippen LogP contribution in [0.25, 0.3) is 0 Å². The van der Waals surface area contributed by atoms with Gasteiger partial charge >= 0.3 is 6.03 Å². The molecule has 4 rings (SSSR count). The van der Waals surface area contributed by atoms with Crippen LogP contribution in [0.3, 0.4) is 0 Å². The summed E-state index contributed by atoms with van der Waals surface area (Å²) >= 11 is 6.18. The largest absolute Gasteiger partial charge is 0.322 e. The molecule has 2 aromatic rings. The first-order valence-corrected chi connectivity index (χ1v) is 11.6. The van der Waals surface area contributed by atoms with Gasteiger partial charge in [-0.15, -0.1) is 0 Å². The Kier molecular flexibility index (Phi) is 6.61.